The Hall–Kier alpha value is -2.56. The smallest absolute Gasteiger partial charge is 0.229 e. The summed E-state index contributed by atoms with van der Waals surface area (Å²) < 4.78 is 0. The molecule has 1 aromatic heterocycles. The van der Waals surface area contributed by atoms with Crippen molar-refractivity contribution in [1.29, 1.82) is 0 Å². The number of hydrogen-bond acceptors (Lipinski definition) is 4. The van der Waals surface area contributed by atoms with Gasteiger partial charge in [0.25, 0.3) is 0 Å². The van der Waals surface area contributed by atoms with Crippen LogP contribution in [-0.4, -0.2) is 21.7 Å². The van der Waals surface area contributed by atoms with Crippen molar-refractivity contribution in [2.75, 3.05) is 5.32 Å². The highest BCUT2D eigenvalue weighted by atomic mass is 16.1. The number of carbonyl (C=O) groups is 2. The maximum absolute atomic E-state index is 12.3. The average Bonchev–Trinajstić information content (AvgIpc) is 2.55. The molecule has 0 bridgehead atoms. The maximum Gasteiger partial charge on any atom is 0.229 e. The number of hydrogen-bond donors (Lipinski definition) is 1. The second-order valence-electron chi connectivity index (χ2n) is 5.79. The Bertz CT molecular complexity index is 728. The molecule has 1 aromatic carbocycles. The van der Waals surface area contributed by atoms with Gasteiger partial charge < -0.3 is 0 Å². The van der Waals surface area contributed by atoms with Crippen LogP contribution in [-0.2, 0) is 11.2 Å². The third-order valence-electron chi connectivity index (χ3n) is 4.04. The number of aromatic nitrogens is 2. The summed E-state index contributed by atoms with van der Waals surface area (Å²) in [5, 5.41) is 2.69. The van der Waals surface area contributed by atoms with E-state index in [2.05, 4.69) is 15.3 Å². The Morgan fingerprint density at radius 2 is 2.04 bits per heavy atom. The van der Waals surface area contributed by atoms with Crippen LogP contribution in [0.1, 0.15) is 53.7 Å². The van der Waals surface area contributed by atoms with Gasteiger partial charge in [0.1, 0.15) is 0 Å². The molecule has 23 heavy (non-hydrogen) atoms. The first-order chi connectivity index (χ1) is 11.2. The molecule has 0 spiro atoms. The van der Waals surface area contributed by atoms with Crippen LogP contribution in [0, 0.1) is 0 Å². The van der Waals surface area contributed by atoms with E-state index in [1.807, 2.05) is 37.3 Å². The van der Waals surface area contributed by atoms with Crippen molar-refractivity contribution in [3.8, 4) is 0 Å². The van der Waals surface area contributed by atoms with Gasteiger partial charge >= 0.3 is 0 Å². The van der Waals surface area contributed by atoms with E-state index in [0.717, 1.165) is 17.7 Å². The van der Waals surface area contributed by atoms with Gasteiger partial charge in [-0.2, -0.15) is 0 Å². The number of Topliss-reactive ketones (excluding diaryl/α,β-unsaturated/α-hetero) is 1. The summed E-state index contributed by atoms with van der Waals surface area (Å²) in [4.78, 5) is 32.5. The number of benzene rings is 1. The summed E-state index contributed by atoms with van der Waals surface area (Å²) in [5.41, 5.74) is 2.43. The highest BCUT2D eigenvalue weighted by Gasteiger charge is 2.28. The van der Waals surface area contributed by atoms with Crippen LogP contribution < -0.4 is 5.32 Å². The van der Waals surface area contributed by atoms with Crippen LogP contribution in [0.2, 0.25) is 0 Å². The number of nitrogens with one attached hydrogen (secondary N) is 1. The average molecular weight is 309 g/mol. The first-order valence-corrected chi connectivity index (χ1v) is 7.91. The lowest BCUT2D eigenvalue weighted by molar-refractivity contribution is -0.116. The van der Waals surface area contributed by atoms with Gasteiger partial charge in [-0.3, -0.25) is 14.9 Å². The van der Waals surface area contributed by atoms with Crippen LogP contribution >= 0.6 is 0 Å². The molecular formula is C18H19N3O2. The molecule has 0 saturated carbocycles. The largest absolute Gasteiger partial charge is 0.295 e. The zero-order valence-electron chi connectivity index (χ0n) is 13.1. The highest BCUT2D eigenvalue weighted by molar-refractivity contribution is 5.98. The number of anilines is 1. The second-order valence-corrected chi connectivity index (χ2v) is 5.79. The van der Waals surface area contributed by atoms with Crippen molar-refractivity contribution in [1.82, 2.24) is 9.97 Å². The van der Waals surface area contributed by atoms with Crippen LogP contribution in [0.5, 0.6) is 0 Å². The van der Waals surface area contributed by atoms with E-state index in [-0.39, 0.29) is 23.6 Å². The molecule has 5 heteroatoms. The molecule has 5 nitrogen and oxygen atoms in total. The van der Waals surface area contributed by atoms with E-state index >= 15 is 0 Å². The Kier molecular flexibility index (Phi) is 4.46. The molecule has 0 saturated heterocycles. The van der Waals surface area contributed by atoms with E-state index < -0.39 is 0 Å². The third-order valence-corrected chi connectivity index (χ3v) is 4.04. The lowest BCUT2D eigenvalue weighted by Gasteiger charge is -2.23. The third kappa shape index (κ3) is 3.44. The zero-order chi connectivity index (χ0) is 16.2. The molecule has 1 aliphatic carbocycles. The number of nitrogens with zero attached hydrogens (tertiary/aromatic N) is 2. The van der Waals surface area contributed by atoms with Crippen molar-refractivity contribution in [2.24, 2.45) is 0 Å². The predicted molar refractivity (Wildman–Crippen MR) is 87.4 cm³/mol. The number of carbonyl (C=O) groups excluding carboxylic acids is 2. The number of rotatable bonds is 4. The fraction of sp³-hybridized carbons (Fsp3) is 0.333. The summed E-state index contributed by atoms with van der Waals surface area (Å²) >= 11 is 0. The number of fused-ring (bicyclic) bond motifs is 1. The van der Waals surface area contributed by atoms with E-state index in [1.165, 1.54) is 6.20 Å². The lowest BCUT2D eigenvalue weighted by Crippen LogP contribution is -2.22. The van der Waals surface area contributed by atoms with E-state index in [9.17, 15) is 9.59 Å². The van der Waals surface area contributed by atoms with Gasteiger partial charge in [0.15, 0.2) is 5.78 Å². The quantitative estimate of drug-likeness (QED) is 0.942. The standard InChI is InChI=1S/C18H19N3O2/c1-2-6-17(23)21-18-19-11-14-15(20-18)9-13(10-16(14)22)12-7-4-3-5-8-12/h3-5,7-8,11,13H,2,6,9-10H2,1H3,(H,19,20,21,23)/t13-/m0/s1. The van der Waals surface area contributed by atoms with Gasteiger partial charge in [-0.1, -0.05) is 37.3 Å². The van der Waals surface area contributed by atoms with Gasteiger partial charge in [0.05, 0.1) is 11.3 Å². The summed E-state index contributed by atoms with van der Waals surface area (Å²) in [7, 11) is 0. The predicted octanol–water partition coefficient (Wildman–Crippen LogP) is 3.13. The van der Waals surface area contributed by atoms with Crippen LogP contribution in [0.25, 0.3) is 0 Å². The topological polar surface area (TPSA) is 72.0 Å². The van der Waals surface area contributed by atoms with E-state index in [4.69, 9.17) is 0 Å². The maximum atomic E-state index is 12.3. The summed E-state index contributed by atoms with van der Waals surface area (Å²) in [5.74, 6) is 0.370. The monoisotopic (exact) mass is 309 g/mol. The second kappa shape index (κ2) is 6.69. The van der Waals surface area contributed by atoms with Crippen molar-refractivity contribution in [3.05, 3.63) is 53.3 Å². The Labute approximate surface area is 135 Å². The summed E-state index contributed by atoms with van der Waals surface area (Å²) in [6.45, 7) is 1.94. The van der Waals surface area contributed by atoms with Gasteiger partial charge in [-0.25, -0.2) is 9.97 Å². The van der Waals surface area contributed by atoms with Crippen LogP contribution in [0.15, 0.2) is 36.5 Å². The SMILES string of the molecule is CCCC(=O)Nc1ncc2c(n1)C[C@H](c1ccccc1)CC2=O. The van der Waals surface area contributed by atoms with Gasteiger partial charge in [0.2, 0.25) is 11.9 Å². The molecule has 2 aromatic rings. The molecule has 3 rings (SSSR count). The molecular weight excluding hydrogens is 290 g/mol. The molecule has 1 aliphatic rings. The van der Waals surface area contributed by atoms with Crippen LogP contribution in [0.4, 0.5) is 5.95 Å². The van der Waals surface area contributed by atoms with E-state index in [0.29, 0.717) is 24.8 Å². The van der Waals surface area contributed by atoms with Gasteiger partial charge in [-0.05, 0) is 24.3 Å². The molecule has 118 valence electrons. The van der Waals surface area contributed by atoms with Crippen molar-refractivity contribution < 1.29 is 9.59 Å². The first kappa shape index (κ1) is 15.3. The highest BCUT2D eigenvalue weighted by Crippen LogP contribution is 2.31. The van der Waals surface area contributed by atoms with E-state index in [1.54, 1.807) is 0 Å². The number of ketones is 1. The molecule has 1 atom stereocenters. The zero-order valence-corrected chi connectivity index (χ0v) is 13.1. The minimum Gasteiger partial charge on any atom is -0.295 e. The molecule has 0 radical (unpaired) electrons. The molecule has 1 N–H and O–H groups in total. The fourth-order valence-electron chi connectivity index (χ4n) is 2.88. The Morgan fingerprint density at radius 3 is 2.78 bits per heavy atom. The molecule has 0 fully saturated rings. The fourth-order valence-corrected chi connectivity index (χ4v) is 2.88. The molecule has 0 unspecified atom stereocenters. The van der Waals surface area contributed by atoms with Crippen molar-refractivity contribution >= 4 is 17.6 Å². The summed E-state index contributed by atoms with van der Waals surface area (Å²) in [6, 6.07) is 9.99. The first-order valence-electron chi connectivity index (χ1n) is 7.91. The summed E-state index contributed by atoms with van der Waals surface area (Å²) in [6.07, 6.45) is 3.90. The number of amides is 1. The molecule has 1 amide bonds. The normalized spacial score (nSPS) is 16.7. The minimum absolute atomic E-state index is 0.0616. The van der Waals surface area contributed by atoms with Gasteiger partial charge in [-0.15, -0.1) is 0 Å². The Balaban J connectivity index is 1.84. The Morgan fingerprint density at radius 1 is 1.26 bits per heavy atom. The van der Waals surface area contributed by atoms with Crippen molar-refractivity contribution in [3.63, 3.8) is 0 Å². The minimum atomic E-state index is -0.103. The van der Waals surface area contributed by atoms with Gasteiger partial charge in [0, 0.05) is 19.0 Å². The molecule has 1 heterocycles. The van der Waals surface area contributed by atoms with Crippen LogP contribution in [0.3, 0.4) is 0 Å². The molecule has 0 aliphatic heterocycles. The van der Waals surface area contributed by atoms with Crippen molar-refractivity contribution in [2.45, 2.75) is 38.5 Å². The lowest BCUT2D eigenvalue weighted by atomic mass is 9.82.